The highest BCUT2D eigenvalue weighted by Gasteiger charge is 2.62. The summed E-state index contributed by atoms with van der Waals surface area (Å²) in [5.41, 5.74) is 0.0469. The number of β-lactam (4-membered cyclic amide) rings is 1. The molecule has 1 fully saturated rings. The molecular formula is C29H27N2O10P. The average Bonchev–Trinajstić information content (AvgIpc) is 3.20. The number of hydrogen-bond donors (Lipinski definition) is 1. The number of para-hydroxylation sites is 2. The van der Waals surface area contributed by atoms with Crippen LogP contribution in [0.2, 0.25) is 0 Å². The number of aliphatic hydroxyl groups is 1. The number of amides is 1. The Bertz CT molecular complexity index is 1510. The van der Waals surface area contributed by atoms with E-state index in [2.05, 4.69) is 0 Å². The fourth-order valence-electron chi connectivity index (χ4n) is 4.96. The zero-order chi connectivity index (χ0) is 30.0. The van der Waals surface area contributed by atoms with Crippen LogP contribution in [-0.4, -0.2) is 39.0 Å². The Kier molecular flexibility index (Phi) is 8.02. The molecule has 3 aromatic carbocycles. The quantitative estimate of drug-likeness (QED) is 0.106. The summed E-state index contributed by atoms with van der Waals surface area (Å²) in [6.07, 6.45) is -1.02. The monoisotopic (exact) mass is 594 g/mol. The molecule has 12 nitrogen and oxygen atoms in total. The van der Waals surface area contributed by atoms with Gasteiger partial charge in [0.15, 0.2) is 5.70 Å². The lowest BCUT2D eigenvalue weighted by molar-refractivity contribution is -0.384. The molecule has 5 rings (SSSR count). The van der Waals surface area contributed by atoms with Gasteiger partial charge in [-0.1, -0.05) is 43.3 Å². The van der Waals surface area contributed by atoms with Crippen LogP contribution in [0.15, 0.2) is 96.4 Å². The van der Waals surface area contributed by atoms with Gasteiger partial charge in [-0.05, 0) is 48.9 Å². The van der Waals surface area contributed by atoms with Crippen molar-refractivity contribution in [2.24, 2.45) is 11.8 Å². The van der Waals surface area contributed by atoms with Gasteiger partial charge in [-0.25, -0.2) is 4.79 Å². The van der Waals surface area contributed by atoms with Crippen LogP contribution in [0.25, 0.3) is 0 Å². The minimum atomic E-state index is -4.54. The molecule has 2 aliphatic heterocycles. The van der Waals surface area contributed by atoms with Gasteiger partial charge in [0, 0.05) is 18.1 Å². The number of non-ortho nitro benzene ring substituents is 1. The number of phosphoric acid groups is 1. The van der Waals surface area contributed by atoms with Crippen molar-refractivity contribution in [2.45, 2.75) is 32.6 Å². The van der Waals surface area contributed by atoms with Gasteiger partial charge < -0.3 is 23.4 Å². The van der Waals surface area contributed by atoms with E-state index in [0.717, 1.165) is 0 Å². The predicted molar refractivity (Wildman–Crippen MR) is 148 cm³/mol. The number of rotatable bonds is 11. The maximum atomic E-state index is 14.2. The van der Waals surface area contributed by atoms with Crippen molar-refractivity contribution in [1.82, 2.24) is 4.90 Å². The van der Waals surface area contributed by atoms with Crippen LogP contribution in [0.3, 0.4) is 0 Å². The Hall–Kier alpha value is -4.67. The summed E-state index contributed by atoms with van der Waals surface area (Å²) >= 11 is 0. The lowest BCUT2D eigenvalue weighted by atomic mass is 9.79. The maximum absolute atomic E-state index is 14.2. The summed E-state index contributed by atoms with van der Waals surface area (Å²) in [4.78, 5) is 38.1. The molecule has 1 N–H and O–H groups in total. The molecule has 4 atom stereocenters. The lowest BCUT2D eigenvalue weighted by Crippen LogP contribution is -2.63. The number of ether oxygens (including phenoxy) is 1. The Balaban J connectivity index is 1.48. The van der Waals surface area contributed by atoms with E-state index in [-0.39, 0.29) is 35.2 Å². The van der Waals surface area contributed by atoms with Crippen LogP contribution in [0, 0.1) is 22.0 Å². The first-order valence-corrected chi connectivity index (χ1v) is 14.5. The van der Waals surface area contributed by atoms with Gasteiger partial charge in [0.2, 0.25) is 5.91 Å². The van der Waals surface area contributed by atoms with Gasteiger partial charge in [-0.2, -0.15) is 4.57 Å². The number of esters is 1. The fourth-order valence-corrected chi connectivity index (χ4v) is 6.33. The van der Waals surface area contributed by atoms with E-state index >= 15 is 0 Å². The maximum Gasteiger partial charge on any atom is 0.646 e. The molecule has 1 amide bonds. The number of nitro groups is 1. The van der Waals surface area contributed by atoms with Crippen molar-refractivity contribution in [3.8, 4) is 11.5 Å². The van der Waals surface area contributed by atoms with E-state index in [9.17, 15) is 29.4 Å². The van der Waals surface area contributed by atoms with Gasteiger partial charge >= 0.3 is 13.8 Å². The van der Waals surface area contributed by atoms with Crippen LogP contribution in [0.1, 0.15) is 19.4 Å². The Morgan fingerprint density at radius 2 is 1.52 bits per heavy atom. The standard InChI is InChI=1S/C29H27N2O10P/c1-18-25-24(19(2)32)28(33)30(25)26(29(34)38-17-20-13-15-21(16-14-20)31(35)36)27(18)41-42(37,39-22-9-5-3-6-10-22)40-23-11-7-4-8-12-23/h3-16,18-19,24-25,32H,17H2,1-2H3/t18?,19-,24?,25?/m1/s1. The first-order chi connectivity index (χ1) is 20.1. The second-order valence-corrected chi connectivity index (χ2v) is 11.3. The second kappa shape index (κ2) is 11.7. The van der Waals surface area contributed by atoms with E-state index < -0.39 is 48.6 Å². The minimum absolute atomic E-state index is 0.126. The number of hydrogen-bond acceptors (Lipinski definition) is 10. The molecule has 3 unspecified atom stereocenters. The average molecular weight is 595 g/mol. The zero-order valence-electron chi connectivity index (χ0n) is 22.6. The van der Waals surface area contributed by atoms with Crippen molar-refractivity contribution < 1.29 is 42.5 Å². The molecule has 0 saturated carbocycles. The summed E-state index contributed by atoms with van der Waals surface area (Å²) in [5, 5.41) is 21.2. The third-order valence-electron chi connectivity index (χ3n) is 6.95. The first-order valence-electron chi connectivity index (χ1n) is 13.0. The molecule has 13 heteroatoms. The molecule has 0 radical (unpaired) electrons. The highest BCUT2D eigenvalue weighted by atomic mass is 31.2. The third kappa shape index (κ3) is 5.72. The smallest absolute Gasteiger partial charge is 0.456 e. The zero-order valence-corrected chi connectivity index (χ0v) is 23.5. The van der Waals surface area contributed by atoms with Gasteiger partial charge in [-0.3, -0.25) is 19.8 Å². The summed E-state index contributed by atoms with van der Waals surface area (Å²) in [5.74, 6) is -2.82. The van der Waals surface area contributed by atoms with E-state index in [1.165, 1.54) is 36.1 Å². The van der Waals surface area contributed by atoms with E-state index in [1.807, 2.05) is 0 Å². The predicted octanol–water partition coefficient (Wildman–Crippen LogP) is 4.99. The fraction of sp³-hybridized carbons (Fsp3) is 0.241. The topological polar surface area (TPSA) is 155 Å². The van der Waals surface area contributed by atoms with Gasteiger partial charge in [0.25, 0.3) is 5.69 Å². The summed E-state index contributed by atoms with van der Waals surface area (Å²) in [6.45, 7) is 2.87. The third-order valence-corrected chi connectivity index (χ3v) is 8.24. The number of carbonyl (C=O) groups excluding carboxylic acids is 2. The molecule has 1 saturated heterocycles. The normalized spacial score (nSPS) is 20.3. The molecule has 218 valence electrons. The van der Waals surface area contributed by atoms with Crippen LogP contribution >= 0.6 is 7.82 Å². The SMILES string of the molecule is CC1C(OP(=O)(Oc2ccccc2)Oc2ccccc2)=C(C(=O)OCc2ccc([N+](=O)[O-])cc2)N2C(=O)C([C@@H](C)O)C12. The number of fused-ring (bicyclic) bond motifs is 1. The number of carbonyl (C=O) groups is 2. The van der Waals surface area contributed by atoms with Crippen molar-refractivity contribution in [3.05, 3.63) is 112 Å². The number of aliphatic hydroxyl groups excluding tert-OH is 1. The minimum Gasteiger partial charge on any atom is -0.456 e. The largest absolute Gasteiger partial charge is 0.646 e. The number of nitro benzene ring substituents is 1. The second-order valence-electron chi connectivity index (χ2n) is 9.81. The lowest BCUT2D eigenvalue weighted by Gasteiger charge is -2.46. The molecule has 2 aliphatic rings. The molecule has 0 aromatic heterocycles. The number of benzene rings is 3. The van der Waals surface area contributed by atoms with Gasteiger partial charge in [-0.15, -0.1) is 0 Å². The summed E-state index contributed by atoms with van der Waals surface area (Å²) in [7, 11) is -4.54. The van der Waals surface area contributed by atoms with E-state index in [0.29, 0.717) is 5.56 Å². The molecule has 0 spiro atoms. The molecular weight excluding hydrogens is 567 g/mol. The molecule has 3 aromatic rings. The Morgan fingerprint density at radius 3 is 2.02 bits per heavy atom. The van der Waals surface area contributed by atoms with Crippen LogP contribution in [-0.2, 0) is 30.0 Å². The van der Waals surface area contributed by atoms with Crippen LogP contribution < -0.4 is 9.05 Å². The van der Waals surface area contributed by atoms with Crippen molar-refractivity contribution in [2.75, 3.05) is 0 Å². The van der Waals surface area contributed by atoms with Crippen LogP contribution in [0.4, 0.5) is 5.69 Å². The Morgan fingerprint density at radius 1 is 0.976 bits per heavy atom. The van der Waals surface area contributed by atoms with Crippen LogP contribution in [0.5, 0.6) is 11.5 Å². The highest BCUT2D eigenvalue weighted by molar-refractivity contribution is 7.49. The highest BCUT2D eigenvalue weighted by Crippen LogP contribution is 2.57. The van der Waals surface area contributed by atoms with E-state index in [4.69, 9.17) is 18.3 Å². The summed E-state index contributed by atoms with van der Waals surface area (Å²) in [6, 6.07) is 21.1. The van der Waals surface area contributed by atoms with Gasteiger partial charge in [0.1, 0.15) is 23.9 Å². The molecule has 2 heterocycles. The van der Waals surface area contributed by atoms with Crippen molar-refractivity contribution in [1.29, 1.82) is 0 Å². The van der Waals surface area contributed by atoms with E-state index in [1.54, 1.807) is 67.6 Å². The first kappa shape index (κ1) is 28.8. The number of nitrogens with zero attached hydrogens (tertiary/aromatic N) is 2. The van der Waals surface area contributed by atoms with Crippen molar-refractivity contribution in [3.63, 3.8) is 0 Å². The Labute approximate surface area is 240 Å². The molecule has 42 heavy (non-hydrogen) atoms. The number of phosphoric ester groups is 1. The van der Waals surface area contributed by atoms with Crippen molar-refractivity contribution >= 4 is 25.4 Å². The summed E-state index contributed by atoms with van der Waals surface area (Å²) < 4.78 is 37.0. The van der Waals surface area contributed by atoms with Gasteiger partial charge in [0.05, 0.1) is 23.0 Å². The molecule has 0 bridgehead atoms. The molecule has 0 aliphatic carbocycles.